The molecule has 0 heterocycles. The van der Waals surface area contributed by atoms with Crippen molar-refractivity contribution in [2.24, 2.45) is 5.92 Å². The minimum absolute atomic E-state index is 0.0613. The van der Waals surface area contributed by atoms with Crippen molar-refractivity contribution in [2.45, 2.75) is 368 Å². The SMILES string of the molecule is CCCCCCCCCCCCCCCCCCCC(=O)OC[C@H](COC(=O)CCCCCCCCCCCCCCCCCCCCC(C)CC)OC(=O)CCCCCCCCCCCCCC. The van der Waals surface area contributed by atoms with Gasteiger partial charge in [0.1, 0.15) is 13.2 Å². The maximum atomic E-state index is 12.8. The lowest BCUT2D eigenvalue weighted by Gasteiger charge is -2.18. The van der Waals surface area contributed by atoms with Gasteiger partial charge in [-0.2, -0.15) is 0 Å². The van der Waals surface area contributed by atoms with Crippen molar-refractivity contribution in [3.8, 4) is 0 Å². The van der Waals surface area contributed by atoms with Gasteiger partial charge in [-0.3, -0.25) is 14.4 Å². The lowest BCUT2D eigenvalue weighted by atomic mass is 9.99. The molecule has 6 nitrogen and oxygen atoms in total. The van der Waals surface area contributed by atoms with Crippen molar-refractivity contribution in [1.82, 2.24) is 0 Å². The quantitative estimate of drug-likeness (QED) is 0.0343. The lowest BCUT2D eigenvalue weighted by Crippen LogP contribution is -2.30. The van der Waals surface area contributed by atoms with E-state index in [-0.39, 0.29) is 31.1 Å². The minimum Gasteiger partial charge on any atom is -0.462 e. The molecule has 2 atom stereocenters. The highest BCUT2D eigenvalue weighted by molar-refractivity contribution is 5.71. The number of esters is 3. The molecule has 6 heteroatoms. The van der Waals surface area contributed by atoms with Crippen LogP contribution >= 0.6 is 0 Å². The molecule has 0 aromatic carbocycles. The molecule has 0 aliphatic heterocycles. The summed E-state index contributed by atoms with van der Waals surface area (Å²) >= 11 is 0. The molecule has 0 spiro atoms. The van der Waals surface area contributed by atoms with Crippen LogP contribution in [0.4, 0.5) is 0 Å². The Hall–Kier alpha value is -1.59. The van der Waals surface area contributed by atoms with Crippen LogP contribution in [0, 0.1) is 5.92 Å². The smallest absolute Gasteiger partial charge is 0.306 e. The maximum Gasteiger partial charge on any atom is 0.306 e. The predicted octanol–water partition coefficient (Wildman–Crippen LogP) is 21.0. The summed E-state index contributed by atoms with van der Waals surface area (Å²) in [7, 11) is 0. The van der Waals surface area contributed by atoms with Gasteiger partial charge in [0.25, 0.3) is 0 Å². The van der Waals surface area contributed by atoms with Crippen molar-refractivity contribution < 1.29 is 28.6 Å². The number of carbonyl (C=O) groups is 3. The Balaban J connectivity index is 4.21. The molecule has 0 aliphatic rings. The van der Waals surface area contributed by atoms with E-state index in [0.29, 0.717) is 19.3 Å². The number of carbonyl (C=O) groups excluding carboxylic acids is 3. The Labute approximate surface area is 431 Å². The highest BCUT2D eigenvalue weighted by atomic mass is 16.6. The Morgan fingerprint density at radius 3 is 0.754 bits per heavy atom. The fraction of sp³-hybridized carbons (Fsp3) is 0.952. The van der Waals surface area contributed by atoms with Gasteiger partial charge in [-0.25, -0.2) is 0 Å². The zero-order valence-electron chi connectivity index (χ0n) is 47.3. The van der Waals surface area contributed by atoms with E-state index < -0.39 is 6.10 Å². The molecule has 0 saturated heterocycles. The molecule has 0 rings (SSSR count). The van der Waals surface area contributed by atoms with Gasteiger partial charge in [0, 0.05) is 19.3 Å². The third-order valence-electron chi connectivity index (χ3n) is 14.9. The lowest BCUT2D eigenvalue weighted by molar-refractivity contribution is -0.167. The fourth-order valence-electron chi connectivity index (χ4n) is 9.78. The third kappa shape index (κ3) is 55.6. The summed E-state index contributed by atoms with van der Waals surface area (Å²) in [5.41, 5.74) is 0. The Kier molecular flexibility index (Phi) is 56.0. The molecule has 0 radical (unpaired) electrons. The van der Waals surface area contributed by atoms with Gasteiger partial charge in [-0.05, 0) is 25.2 Å². The molecular formula is C63H122O6. The zero-order valence-corrected chi connectivity index (χ0v) is 47.3. The van der Waals surface area contributed by atoms with Crippen LogP contribution in [0.15, 0.2) is 0 Å². The van der Waals surface area contributed by atoms with E-state index in [2.05, 4.69) is 27.7 Å². The first-order valence-corrected chi connectivity index (χ1v) is 31.4. The van der Waals surface area contributed by atoms with Crippen LogP contribution in [-0.4, -0.2) is 37.2 Å². The topological polar surface area (TPSA) is 78.9 Å². The van der Waals surface area contributed by atoms with Gasteiger partial charge in [0.15, 0.2) is 6.10 Å². The van der Waals surface area contributed by atoms with Crippen LogP contribution in [0.5, 0.6) is 0 Å². The summed E-state index contributed by atoms with van der Waals surface area (Å²) in [5, 5.41) is 0. The van der Waals surface area contributed by atoms with Gasteiger partial charge in [0.05, 0.1) is 0 Å². The van der Waals surface area contributed by atoms with E-state index in [4.69, 9.17) is 14.2 Å². The van der Waals surface area contributed by atoms with Crippen molar-refractivity contribution in [1.29, 1.82) is 0 Å². The second-order valence-corrected chi connectivity index (χ2v) is 21.9. The zero-order chi connectivity index (χ0) is 50.2. The van der Waals surface area contributed by atoms with Gasteiger partial charge < -0.3 is 14.2 Å². The summed E-state index contributed by atoms with van der Waals surface area (Å²) in [6.45, 7) is 9.12. The van der Waals surface area contributed by atoms with Crippen molar-refractivity contribution >= 4 is 17.9 Å². The second-order valence-electron chi connectivity index (χ2n) is 21.9. The van der Waals surface area contributed by atoms with Crippen LogP contribution in [0.2, 0.25) is 0 Å². The first-order valence-electron chi connectivity index (χ1n) is 31.4. The van der Waals surface area contributed by atoms with Crippen LogP contribution in [0.25, 0.3) is 0 Å². The monoisotopic (exact) mass is 975 g/mol. The van der Waals surface area contributed by atoms with E-state index in [1.54, 1.807) is 0 Å². The van der Waals surface area contributed by atoms with Crippen LogP contribution in [-0.2, 0) is 28.6 Å². The van der Waals surface area contributed by atoms with E-state index >= 15 is 0 Å². The summed E-state index contributed by atoms with van der Waals surface area (Å²) in [4.78, 5) is 38.2. The molecule has 0 aromatic heterocycles. The number of hydrogen-bond acceptors (Lipinski definition) is 6. The normalized spacial score (nSPS) is 12.3. The summed E-state index contributed by atoms with van der Waals surface area (Å²) in [6.07, 6.45) is 63.8. The maximum absolute atomic E-state index is 12.8. The number of hydrogen-bond donors (Lipinski definition) is 0. The molecular weight excluding hydrogens is 853 g/mol. The number of unbranched alkanes of at least 4 members (excludes halogenated alkanes) is 44. The predicted molar refractivity (Wildman–Crippen MR) is 298 cm³/mol. The van der Waals surface area contributed by atoms with Gasteiger partial charge in [0.2, 0.25) is 0 Å². The van der Waals surface area contributed by atoms with Crippen LogP contribution in [0.1, 0.15) is 362 Å². The molecule has 0 bridgehead atoms. The average molecular weight is 976 g/mol. The second kappa shape index (κ2) is 57.3. The molecule has 1 unspecified atom stereocenters. The van der Waals surface area contributed by atoms with Gasteiger partial charge in [-0.1, -0.05) is 323 Å². The first-order chi connectivity index (χ1) is 33.9. The summed E-state index contributed by atoms with van der Waals surface area (Å²) < 4.78 is 16.9. The largest absolute Gasteiger partial charge is 0.462 e. The molecule has 0 N–H and O–H groups in total. The Morgan fingerprint density at radius 1 is 0.290 bits per heavy atom. The van der Waals surface area contributed by atoms with E-state index in [1.807, 2.05) is 0 Å². The minimum atomic E-state index is -0.762. The van der Waals surface area contributed by atoms with Crippen LogP contribution in [0.3, 0.4) is 0 Å². The molecule has 0 aliphatic carbocycles. The Morgan fingerprint density at radius 2 is 0.507 bits per heavy atom. The molecule has 0 fully saturated rings. The van der Waals surface area contributed by atoms with E-state index in [1.165, 1.54) is 257 Å². The fourth-order valence-corrected chi connectivity index (χ4v) is 9.78. The van der Waals surface area contributed by atoms with Crippen molar-refractivity contribution in [3.05, 3.63) is 0 Å². The highest BCUT2D eigenvalue weighted by Gasteiger charge is 2.19. The molecule has 69 heavy (non-hydrogen) atoms. The number of ether oxygens (including phenoxy) is 3. The third-order valence-corrected chi connectivity index (χ3v) is 14.9. The first kappa shape index (κ1) is 67.4. The van der Waals surface area contributed by atoms with Crippen molar-refractivity contribution in [2.75, 3.05) is 13.2 Å². The van der Waals surface area contributed by atoms with E-state index in [9.17, 15) is 14.4 Å². The Bertz CT molecular complexity index is 1040. The van der Waals surface area contributed by atoms with Gasteiger partial charge >= 0.3 is 17.9 Å². The average Bonchev–Trinajstić information content (AvgIpc) is 3.35. The number of rotatable bonds is 58. The molecule has 0 saturated carbocycles. The van der Waals surface area contributed by atoms with E-state index in [0.717, 1.165) is 63.7 Å². The van der Waals surface area contributed by atoms with Crippen LogP contribution < -0.4 is 0 Å². The summed E-state index contributed by atoms with van der Waals surface area (Å²) in [6, 6.07) is 0. The molecule has 410 valence electrons. The molecule has 0 aromatic rings. The van der Waals surface area contributed by atoms with Crippen molar-refractivity contribution in [3.63, 3.8) is 0 Å². The molecule has 0 amide bonds. The summed E-state index contributed by atoms with van der Waals surface area (Å²) in [5.74, 6) is 0.0800. The van der Waals surface area contributed by atoms with Gasteiger partial charge in [-0.15, -0.1) is 0 Å². The highest BCUT2D eigenvalue weighted by Crippen LogP contribution is 2.19. The standard InChI is InChI=1S/C63H122O6/c1-5-8-10-12-14-16-18-20-21-24-28-31-35-38-42-46-50-54-61(64)67-57-60(69-63(66)56-52-48-44-40-34-19-17-15-13-11-9-6-2)58-68-62(65)55-51-47-43-39-36-32-29-26-23-22-25-27-30-33-37-41-45-49-53-59(4)7-3/h59-60H,5-58H2,1-4H3/t59?,60-/m1/s1.